The third kappa shape index (κ3) is 3.11. The average Bonchev–Trinajstić information content (AvgIpc) is 2.95. The highest BCUT2D eigenvalue weighted by molar-refractivity contribution is 5.82. The Balaban J connectivity index is 2.77. The fourth-order valence-electron chi connectivity index (χ4n) is 3.25. The summed E-state index contributed by atoms with van der Waals surface area (Å²) in [6.45, 7) is 10.2. The smallest absolute Gasteiger partial charge is 0.327 e. The van der Waals surface area contributed by atoms with Gasteiger partial charge in [-0.15, -0.1) is 0 Å². The third-order valence-electron chi connectivity index (χ3n) is 4.23. The van der Waals surface area contributed by atoms with Gasteiger partial charge in [0.2, 0.25) is 0 Å². The van der Waals surface area contributed by atoms with E-state index >= 15 is 0 Å². The zero-order chi connectivity index (χ0) is 18.7. The normalized spacial score (nSPS) is 17.8. The van der Waals surface area contributed by atoms with E-state index in [1.54, 1.807) is 36.4 Å². The number of carbonyl (C=O) groups is 1. The molecule has 0 spiro atoms. The number of aliphatic carboxylic acids is 1. The van der Waals surface area contributed by atoms with Gasteiger partial charge in [-0.2, -0.15) is 10.3 Å². The summed E-state index contributed by atoms with van der Waals surface area (Å²) in [6.07, 6.45) is 1.61. The van der Waals surface area contributed by atoms with E-state index in [1.807, 2.05) is 25.8 Å². The molecular formula is C19H23N3O3. The van der Waals surface area contributed by atoms with Gasteiger partial charge in [-0.05, 0) is 24.1 Å². The van der Waals surface area contributed by atoms with Gasteiger partial charge in [-0.25, -0.2) is 0 Å². The number of likely N-dealkylation sites (N-methyl/N-ethyl adjacent to an activating group) is 1. The van der Waals surface area contributed by atoms with Crippen LogP contribution in [0.15, 0.2) is 42.1 Å². The summed E-state index contributed by atoms with van der Waals surface area (Å²) >= 11 is 0. The molecule has 1 aromatic rings. The number of hydrogen-bond donors (Lipinski definition) is 1. The standard InChI is InChI=1S/C19H23N3O3/c1-6-14-17(12(3)4)22(21(7-2)18(14)19(23)24)15-10-13(11-20)8-9-16(15)25-5/h6,8-10,12,18H,1,7H2,2-5H3,(H,23,24). The van der Waals surface area contributed by atoms with Gasteiger partial charge in [0.15, 0.2) is 6.04 Å². The van der Waals surface area contributed by atoms with Crippen LogP contribution in [0.4, 0.5) is 5.69 Å². The van der Waals surface area contributed by atoms with E-state index in [-0.39, 0.29) is 5.92 Å². The molecular weight excluding hydrogens is 318 g/mol. The Labute approximate surface area is 148 Å². The summed E-state index contributed by atoms with van der Waals surface area (Å²) in [7, 11) is 1.55. The Morgan fingerprint density at radius 3 is 2.64 bits per heavy atom. The number of rotatable bonds is 6. The van der Waals surface area contributed by atoms with Crippen molar-refractivity contribution < 1.29 is 14.6 Å². The van der Waals surface area contributed by atoms with E-state index in [4.69, 9.17) is 4.74 Å². The minimum atomic E-state index is -0.937. The molecule has 1 aliphatic heterocycles. The minimum absolute atomic E-state index is 0.0573. The van der Waals surface area contributed by atoms with Crippen molar-refractivity contribution in [1.82, 2.24) is 5.01 Å². The highest BCUT2D eigenvalue weighted by atomic mass is 16.5. The largest absolute Gasteiger partial charge is 0.495 e. The van der Waals surface area contributed by atoms with Crippen molar-refractivity contribution in [2.24, 2.45) is 5.92 Å². The predicted octanol–water partition coefficient (Wildman–Crippen LogP) is 3.17. The van der Waals surface area contributed by atoms with Gasteiger partial charge >= 0.3 is 5.97 Å². The number of carboxylic acid groups (broad SMARTS) is 1. The van der Waals surface area contributed by atoms with Crippen molar-refractivity contribution in [1.29, 1.82) is 5.26 Å². The second kappa shape index (κ2) is 7.41. The second-order valence-corrected chi connectivity index (χ2v) is 6.01. The maximum atomic E-state index is 11.9. The van der Waals surface area contributed by atoms with E-state index in [0.717, 1.165) is 5.70 Å². The fraction of sp³-hybridized carbons (Fsp3) is 0.368. The number of ether oxygens (including phenoxy) is 1. The Morgan fingerprint density at radius 1 is 1.52 bits per heavy atom. The monoisotopic (exact) mass is 341 g/mol. The summed E-state index contributed by atoms with van der Waals surface area (Å²) in [5.74, 6) is -0.306. The van der Waals surface area contributed by atoms with Gasteiger partial charge in [0.1, 0.15) is 11.4 Å². The Bertz CT molecular complexity index is 762. The van der Waals surface area contributed by atoms with Crippen LogP contribution in [0.5, 0.6) is 5.75 Å². The molecule has 1 aliphatic rings. The van der Waals surface area contributed by atoms with Crippen LogP contribution in [0.2, 0.25) is 0 Å². The van der Waals surface area contributed by atoms with Gasteiger partial charge in [-0.3, -0.25) is 9.80 Å². The van der Waals surface area contributed by atoms with Crippen molar-refractivity contribution in [3.63, 3.8) is 0 Å². The molecule has 0 saturated heterocycles. The lowest BCUT2D eigenvalue weighted by molar-refractivity contribution is -0.141. The molecule has 132 valence electrons. The van der Waals surface area contributed by atoms with E-state index < -0.39 is 12.0 Å². The van der Waals surface area contributed by atoms with Crippen LogP contribution in [-0.2, 0) is 4.79 Å². The lowest BCUT2D eigenvalue weighted by Gasteiger charge is -2.35. The number of benzene rings is 1. The Morgan fingerprint density at radius 2 is 2.20 bits per heavy atom. The molecule has 0 saturated carbocycles. The van der Waals surface area contributed by atoms with Crippen molar-refractivity contribution >= 4 is 11.7 Å². The first-order chi connectivity index (χ1) is 11.9. The molecule has 1 unspecified atom stereocenters. The molecule has 1 atom stereocenters. The molecule has 0 fully saturated rings. The van der Waals surface area contributed by atoms with E-state index in [0.29, 0.717) is 29.1 Å². The number of nitriles is 1. The highest BCUT2D eigenvalue weighted by Gasteiger charge is 2.43. The molecule has 0 aliphatic carbocycles. The molecule has 2 rings (SSSR count). The predicted molar refractivity (Wildman–Crippen MR) is 96.1 cm³/mol. The number of carboxylic acids is 1. The molecule has 1 N–H and O–H groups in total. The SMILES string of the molecule is C=CC1=C(C(C)C)N(c2cc(C#N)ccc2OC)N(CC)C1C(=O)O. The molecule has 6 heteroatoms. The molecule has 6 nitrogen and oxygen atoms in total. The number of nitrogens with zero attached hydrogens (tertiary/aromatic N) is 3. The summed E-state index contributed by atoms with van der Waals surface area (Å²) in [6, 6.07) is 6.42. The average molecular weight is 341 g/mol. The van der Waals surface area contributed by atoms with Crippen molar-refractivity contribution in [3.05, 3.63) is 47.7 Å². The first kappa shape index (κ1) is 18.6. The number of allylic oxidation sites excluding steroid dienone is 1. The Hall–Kier alpha value is -2.78. The molecule has 1 aromatic carbocycles. The summed E-state index contributed by atoms with van der Waals surface area (Å²) in [5, 5.41) is 22.7. The van der Waals surface area contributed by atoms with Crippen molar-refractivity contribution in [2.75, 3.05) is 18.7 Å². The zero-order valence-electron chi connectivity index (χ0n) is 15.0. The van der Waals surface area contributed by atoms with Gasteiger partial charge in [-0.1, -0.05) is 33.4 Å². The van der Waals surface area contributed by atoms with Crippen molar-refractivity contribution in [2.45, 2.75) is 26.8 Å². The maximum absolute atomic E-state index is 11.9. The van der Waals surface area contributed by atoms with Gasteiger partial charge in [0, 0.05) is 17.8 Å². The molecule has 0 bridgehead atoms. The fourth-order valence-corrected chi connectivity index (χ4v) is 3.25. The second-order valence-electron chi connectivity index (χ2n) is 6.01. The molecule has 0 radical (unpaired) electrons. The summed E-state index contributed by atoms with van der Waals surface area (Å²) in [5.41, 5.74) is 2.63. The first-order valence-corrected chi connectivity index (χ1v) is 8.15. The lowest BCUT2D eigenvalue weighted by Crippen LogP contribution is -2.46. The molecule has 0 aromatic heterocycles. The number of hydrogen-bond acceptors (Lipinski definition) is 5. The number of hydrazine groups is 1. The van der Waals surface area contributed by atoms with Gasteiger partial charge < -0.3 is 9.84 Å². The maximum Gasteiger partial charge on any atom is 0.327 e. The van der Waals surface area contributed by atoms with Gasteiger partial charge in [0.25, 0.3) is 0 Å². The van der Waals surface area contributed by atoms with E-state index in [2.05, 4.69) is 12.6 Å². The minimum Gasteiger partial charge on any atom is -0.495 e. The van der Waals surface area contributed by atoms with Crippen LogP contribution in [-0.4, -0.2) is 35.8 Å². The summed E-state index contributed by atoms with van der Waals surface area (Å²) in [4.78, 5) is 11.9. The van der Waals surface area contributed by atoms with Crippen LogP contribution < -0.4 is 9.75 Å². The number of anilines is 1. The topological polar surface area (TPSA) is 76.8 Å². The van der Waals surface area contributed by atoms with Crippen LogP contribution in [0.3, 0.4) is 0 Å². The van der Waals surface area contributed by atoms with Crippen LogP contribution in [0.1, 0.15) is 26.3 Å². The third-order valence-corrected chi connectivity index (χ3v) is 4.23. The van der Waals surface area contributed by atoms with Gasteiger partial charge in [0.05, 0.1) is 18.7 Å². The van der Waals surface area contributed by atoms with Crippen molar-refractivity contribution in [3.8, 4) is 11.8 Å². The lowest BCUT2D eigenvalue weighted by atomic mass is 9.99. The first-order valence-electron chi connectivity index (χ1n) is 8.15. The quantitative estimate of drug-likeness (QED) is 0.856. The molecule has 0 amide bonds. The van der Waals surface area contributed by atoms with Crippen LogP contribution in [0.25, 0.3) is 0 Å². The van der Waals surface area contributed by atoms with E-state index in [9.17, 15) is 15.2 Å². The zero-order valence-corrected chi connectivity index (χ0v) is 15.0. The van der Waals surface area contributed by atoms with E-state index in [1.165, 1.54) is 0 Å². The van der Waals surface area contributed by atoms with Crippen LogP contribution >= 0.6 is 0 Å². The summed E-state index contributed by atoms with van der Waals surface area (Å²) < 4.78 is 5.47. The molecule has 25 heavy (non-hydrogen) atoms. The Kier molecular flexibility index (Phi) is 5.50. The highest BCUT2D eigenvalue weighted by Crippen LogP contribution is 2.42. The van der Waals surface area contributed by atoms with Crippen LogP contribution in [0, 0.1) is 17.2 Å². The molecule has 1 heterocycles. The number of methoxy groups -OCH3 is 1.